The average Bonchev–Trinajstić information content (AvgIpc) is 3.38. The van der Waals surface area contributed by atoms with Crippen LogP contribution in [-0.4, -0.2) is 0 Å². The Kier molecular flexibility index (Phi) is 7.80. The summed E-state index contributed by atoms with van der Waals surface area (Å²) in [5, 5.41) is 0. The quantitative estimate of drug-likeness (QED) is 0.174. The standard InChI is InChI=1S/C49H43N/c1-48(2,3)37-30-31-42-44(33-37)49(4,5)43-27-17-26-41(47(42)43)40-25-13-15-29-46(40)50(38-23-16-22-36(32-38)34-18-8-6-9-19-34)45-28-14-12-24-39(45)35-20-10-7-11-21-35/h6-33H,1-5H3. The fourth-order valence-electron chi connectivity index (χ4n) is 7.77. The molecule has 0 fully saturated rings. The number of rotatable bonds is 6. The first-order chi connectivity index (χ1) is 24.2. The van der Waals surface area contributed by atoms with Gasteiger partial charge in [0, 0.05) is 22.2 Å². The largest absolute Gasteiger partial charge is 0.309 e. The highest BCUT2D eigenvalue weighted by Crippen LogP contribution is 2.55. The monoisotopic (exact) mass is 645 g/mol. The van der Waals surface area contributed by atoms with Crippen LogP contribution in [0.4, 0.5) is 17.1 Å². The molecule has 0 atom stereocenters. The van der Waals surface area contributed by atoms with Gasteiger partial charge in [0.25, 0.3) is 0 Å². The van der Waals surface area contributed by atoms with Gasteiger partial charge in [0.2, 0.25) is 0 Å². The second-order valence-electron chi connectivity index (χ2n) is 15.0. The van der Waals surface area contributed by atoms with Crippen molar-refractivity contribution >= 4 is 17.1 Å². The molecule has 244 valence electrons. The fraction of sp³-hybridized carbons (Fsp3) is 0.143. The molecule has 1 heteroatoms. The van der Waals surface area contributed by atoms with Crippen LogP contribution < -0.4 is 4.90 Å². The van der Waals surface area contributed by atoms with Gasteiger partial charge in [-0.05, 0) is 79.8 Å². The van der Waals surface area contributed by atoms with Crippen LogP contribution in [0.1, 0.15) is 51.3 Å². The highest BCUT2D eigenvalue weighted by atomic mass is 15.1. The van der Waals surface area contributed by atoms with Gasteiger partial charge in [0.1, 0.15) is 0 Å². The molecular formula is C49H43N. The van der Waals surface area contributed by atoms with E-state index in [2.05, 4.69) is 209 Å². The Bertz CT molecular complexity index is 2320. The Labute approximate surface area is 297 Å². The van der Waals surface area contributed by atoms with Crippen molar-refractivity contribution in [3.05, 3.63) is 187 Å². The molecule has 0 N–H and O–H groups in total. The summed E-state index contributed by atoms with van der Waals surface area (Å²) in [6, 6.07) is 62.2. The van der Waals surface area contributed by atoms with Gasteiger partial charge in [-0.3, -0.25) is 0 Å². The van der Waals surface area contributed by atoms with Crippen LogP contribution in [0.2, 0.25) is 0 Å². The molecule has 0 unspecified atom stereocenters. The summed E-state index contributed by atoms with van der Waals surface area (Å²) in [7, 11) is 0. The molecule has 1 aliphatic rings. The summed E-state index contributed by atoms with van der Waals surface area (Å²) in [5.74, 6) is 0. The van der Waals surface area contributed by atoms with Crippen LogP contribution in [0.15, 0.2) is 170 Å². The van der Waals surface area contributed by atoms with E-state index < -0.39 is 0 Å². The minimum absolute atomic E-state index is 0.0796. The van der Waals surface area contributed by atoms with E-state index in [1.165, 1.54) is 61.2 Å². The van der Waals surface area contributed by atoms with E-state index in [0.717, 1.165) is 17.1 Å². The maximum absolute atomic E-state index is 2.47. The van der Waals surface area contributed by atoms with Gasteiger partial charge in [0.05, 0.1) is 11.4 Å². The third kappa shape index (κ3) is 5.44. The number of hydrogen-bond acceptors (Lipinski definition) is 1. The van der Waals surface area contributed by atoms with Crippen LogP contribution in [0, 0.1) is 0 Å². The summed E-state index contributed by atoms with van der Waals surface area (Å²) < 4.78 is 0. The second-order valence-corrected chi connectivity index (χ2v) is 15.0. The van der Waals surface area contributed by atoms with Crippen molar-refractivity contribution in [2.45, 2.75) is 45.4 Å². The lowest BCUT2D eigenvalue weighted by atomic mass is 9.79. The van der Waals surface area contributed by atoms with Crippen LogP contribution in [0.25, 0.3) is 44.5 Å². The zero-order valence-corrected chi connectivity index (χ0v) is 29.6. The number of fused-ring (bicyclic) bond motifs is 3. The van der Waals surface area contributed by atoms with Crippen molar-refractivity contribution in [3.8, 4) is 44.5 Å². The second kappa shape index (κ2) is 12.3. The molecule has 0 radical (unpaired) electrons. The van der Waals surface area contributed by atoms with E-state index in [9.17, 15) is 0 Å². The topological polar surface area (TPSA) is 3.24 Å². The third-order valence-electron chi connectivity index (χ3n) is 10.4. The van der Waals surface area contributed by atoms with Gasteiger partial charge in [-0.2, -0.15) is 0 Å². The molecule has 0 heterocycles. The summed E-state index contributed by atoms with van der Waals surface area (Å²) in [6.45, 7) is 11.7. The van der Waals surface area contributed by atoms with Crippen molar-refractivity contribution in [1.29, 1.82) is 0 Å². The molecule has 0 aliphatic heterocycles. The van der Waals surface area contributed by atoms with E-state index in [-0.39, 0.29) is 10.8 Å². The van der Waals surface area contributed by atoms with E-state index in [0.29, 0.717) is 0 Å². The van der Waals surface area contributed by atoms with E-state index in [1.807, 2.05) is 0 Å². The Balaban J connectivity index is 1.38. The maximum Gasteiger partial charge on any atom is 0.0540 e. The molecule has 0 spiro atoms. The summed E-state index contributed by atoms with van der Waals surface area (Å²) in [4.78, 5) is 2.47. The van der Waals surface area contributed by atoms with Gasteiger partial charge in [0.15, 0.2) is 0 Å². The fourth-order valence-corrected chi connectivity index (χ4v) is 7.77. The SMILES string of the molecule is CC(C)(C)c1ccc2c(c1)C(C)(C)c1cccc(-c3ccccc3N(c3cccc(-c4ccccc4)c3)c3ccccc3-c3ccccc3)c1-2. The first-order valence-corrected chi connectivity index (χ1v) is 17.7. The van der Waals surface area contributed by atoms with Gasteiger partial charge < -0.3 is 4.90 Å². The Morgan fingerprint density at radius 3 is 1.68 bits per heavy atom. The van der Waals surface area contributed by atoms with Crippen molar-refractivity contribution in [2.75, 3.05) is 4.90 Å². The molecule has 50 heavy (non-hydrogen) atoms. The van der Waals surface area contributed by atoms with Gasteiger partial charge in [-0.1, -0.05) is 180 Å². The number of hydrogen-bond donors (Lipinski definition) is 0. The summed E-state index contributed by atoms with van der Waals surface area (Å²) >= 11 is 0. The predicted octanol–water partition coefficient (Wildman–Crippen LogP) is 13.8. The molecule has 8 rings (SSSR count). The van der Waals surface area contributed by atoms with Gasteiger partial charge >= 0.3 is 0 Å². The van der Waals surface area contributed by atoms with Gasteiger partial charge in [-0.25, -0.2) is 0 Å². The number of benzene rings is 7. The lowest BCUT2D eigenvalue weighted by Crippen LogP contribution is -2.17. The summed E-state index contributed by atoms with van der Waals surface area (Å²) in [6.07, 6.45) is 0. The number of para-hydroxylation sites is 2. The minimum Gasteiger partial charge on any atom is -0.309 e. The number of anilines is 3. The van der Waals surface area contributed by atoms with Crippen molar-refractivity contribution in [2.24, 2.45) is 0 Å². The number of nitrogens with zero attached hydrogens (tertiary/aromatic N) is 1. The van der Waals surface area contributed by atoms with E-state index in [4.69, 9.17) is 0 Å². The van der Waals surface area contributed by atoms with Gasteiger partial charge in [-0.15, -0.1) is 0 Å². The predicted molar refractivity (Wildman–Crippen MR) is 214 cm³/mol. The summed E-state index contributed by atoms with van der Waals surface area (Å²) in [5.41, 5.74) is 17.5. The minimum atomic E-state index is -0.111. The van der Waals surface area contributed by atoms with Crippen LogP contribution in [0.3, 0.4) is 0 Å². The van der Waals surface area contributed by atoms with Crippen LogP contribution in [0.5, 0.6) is 0 Å². The zero-order chi connectivity index (χ0) is 34.5. The van der Waals surface area contributed by atoms with Crippen LogP contribution >= 0.6 is 0 Å². The molecule has 0 saturated carbocycles. The molecule has 0 bridgehead atoms. The van der Waals surface area contributed by atoms with E-state index >= 15 is 0 Å². The molecule has 7 aromatic rings. The lowest BCUT2D eigenvalue weighted by molar-refractivity contribution is 0.584. The van der Waals surface area contributed by atoms with Crippen molar-refractivity contribution in [1.82, 2.24) is 0 Å². The molecule has 7 aromatic carbocycles. The molecule has 1 aliphatic carbocycles. The highest BCUT2D eigenvalue weighted by Gasteiger charge is 2.38. The maximum atomic E-state index is 2.47. The Hall–Kier alpha value is -5.66. The first-order valence-electron chi connectivity index (χ1n) is 17.7. The van der Waals surface area contributed by atoms with E-state index in [1.54, 1.807) is 0 Å². The lowest BCUT2D eigenvalue weighted by Gasteiger charge is -2.30. The highest BCUT2D eigenvalue weighted by molar-refractivity contribution is 6.00. The molecule has 0 saturated heterocycles. The Morgan fingerprint density at radius 2 is 0.980 bits per heavy atom. The first kappa shape index (κ1) is 31.6. The normalized spacial score (nSPS) is 13.1. The molecule has 0 aromatic heterocycles. The molecular weight excluding hydrogens is 603 g/mol. The average molecular weight is 646 g/mol. The molecule has 0 amide bonds. The smallest absolute Gasteiger partial charge is 0.0540 e. The molecule has 1 nitrogen and oxygen atoms in total. The van der Waals surface area contributed by atoms with Crippen molar-refractivity contribution in [3.63, 3.8) is 0 Å². The van der Waals surface area contributed by atoms with Crippen LogP contribution in [-0.2, 0) is 10.8 Å². The third-order valence-corrected chi connectivity index (χ3v) is 10.4. The van der Waals surface area contributed by atoms with Crippen molar-refractivity contribution < 1.29 is 0 Å². The Morgan fingerprint density at radius 1 is 0.420 bits per heavy atom. The zero-order valence-electron chi connectivity index (χ0n) is 29.6.